The highest BCUT2D eigenvalue weighted by Crippen LogP contribution is 2.26. The molecule has 0 fully saturated rings. The van der Waals surface area contributed by atoms with Crippen LogP contribution in [-0.4, -0.2) is 27.0 Å². The summed E-state index contributed by atoms with van der Waals surface area (Å²) in [6, 6.07) is 15.6. The van der Waals surface area contributed by atoms with E-state index in [1.165, 1.54) is 0 Å². The lowest BCUT2D eigenvalue weighted by molar-refractivity contribution is 0.0953. The van der Waals surface area contributed by atoms with Crippen molar-refractivity contribution < 1.29 is 4.79 Å². The van der Waals surface area contributed by atoms with Crippen LogP contribution in [0.4, 0.5) is 0 Å². The zero-order chi connectivity index (χ0) is 17.9. The molecule has 0 radical (unpaired) electrons. The number of para-hydroxylation sites is 2. The predicted molar refractivity (Wildman–Crippen MR) is 104 cm³/mol. The minimum atomic E-state index is -0.0609. The van der Waals surface area contributed by atoms with Crippen molar-refractivity contribution >= 4 is 27.8 Å². The van der Waals surface area contributed by atoms with Crippen LogP contribution in [0.1, 0.15) is 30.1 Å². The third-order valence-electron chi connectivity index (χ3n) is 4.51. The number of rotatable bonds is 5. The number of hydrogen-bond donors (Lipinski definition) is 1. The number of pyridine rings is 1. The van der Waals surface area contributed by atoms with Gasteiger partial charge in [-0.1, -0.05) is 43.7 Å². The van der Waals surface area contributed by atoms with Gasteiger partial charge in [0.1, 0.15) is 11.8 Å². The number of benzene rings is 2. The quantitative estimate of drug-likeness (QED) is 0.554. The predicted octanol–water partition coefficient (Wildman–Crippen LogP) is 4.10. The number of nitrogens with zero attached hydrogens (tertiary/aromatic N) is 3. The van der Waals surface area contributed by atoms with Crippen LogP contribution < -0.4 is 5.32 Å². The van der Waals surface area contributed by atoms with Crippen LogP contribution in [0.15, 0.2) is 61.1 Å². The summed E-state index contributed by atoms with van der Waals surface area (Å²) >= 11 is 0. The first-order valence-corrected chi connectivity index (χ1v) is 8.88. The number of nitrogens with one attached hydrogen (secondary N) is 1. The number of amides is 1. The molecule has 0 aliphatic carbocycles. The van der Waals surface area contributed by atoms with Crippen molar-refractivity contribution in [3.63, 3.8) is 0 Å². The molecule has 0 atom stereocenters. The largest absolute Gasteiger partial charge is 0.352 e. The van der Waals surface area contributed by atoms with E-state index in [4.69, 9.17) is 0 Å². The summed E-state index contributed by atoms with van der Waals surface area (Å²) in [7, 11) is 0. The molecule has 4 rings (SSSR count). The molecule has 0 spiro atoms. The van der Waals surface area contributed by atoms with Gasteiger partial charge in [0.25, 0.3) is 5.91 Å². The van der Waals surface area contributed by atoms with E-state index in [0.717, 1.165) is 40.5 Å². The molecule has 0 aliphatic heterocycles. The smallest absolute Gasteiger partial charge is 0.253 e. The zero-order valence-corrected chi connectivity index (χ0v) is 14.6. The summed E-state index contributed by atoms with van der Waals surface area (Å²) in [5, 5.41) is 4.02. The fraction of sp³-hybridized carbons (Fsp3) is 0.190. The number of carbonyl (C=O) groups is 1. The van der Waals surface area contributed by atoms with E-state index in [1.54, 1.807) is 12.5 Å². The number of imidazole rings is 1. The average molecular weight is 344 g/mol. The molecule has 4 aromatic rings. The molecule has 26 heavy (non-hydrogen) atoms. The molecule has 2 aromatic heterocycles. The van der Waals surface area contributed by atoms with Crippen molar-refractivity contribution in [3.8, 4) is 5.69 Å². The molecule has 2 aromatic carbocycles. The first-order valence-electron chi connectivity index (χ1n) is 8.88. The van der Waals surface area contributed by atoms with E-state index in [-0.39, 0.29) is 5.91 Å². The Morgan fingerprint density at radius 2 is 1.85 bits per heavy atom. The summed E-state index contributed by atoms with van der Waals surface area (Å²) in [6.45, 7) is 2.79. The third kappa shape index (κ3) is 2.81. The summed E-state index contributed by atoms with van der Waals surface area (Å²) in [5.74, 6) is -0.0609. The average Bonchev–Trinajstić information content (AvgIpc) is 3.12. The van der Waals surface area contributed by atoms with E-state index in [0.29, 0.717) is 12.1 Å². The summed E-state index contributed by atoms with van der Waals surface area (Å²) in [4.78, 5) is 21.6. The van der Waals surface area contributed by atoms with Gasteiger partial charge in [0, 0.05) is 11.9 Å². The summed E-state index contributed by atoms with van der Waals surface area (Å²) in [5.41, 5.74) is 4.14. The van der Waals surface area contributed by atoms with Gasteiger partial charge < -0.3 is 5.32 Å². The highest BCUT2D eigenvalue weighted by molar-refractivity contribution is 6.04. The normalized spacial score (nSPS) is 11.1. The van der Waals surface area contributed by atoms with Crippen molar-refractivity contribution in [1.29, 1.82) is 0 Å². The fourth-order valence-electron chi connectivity index (χ4n) is 3.17. The van der Waals surface area contributed by atoms with E-state index in [2.05, 4.69) is 22.2 Å². The van der Waals surface area contributed by atoms with Gasteiger partial charge >= 0.3 is 0 Å². The Bertz CT molecular complexity index is 1080. The second-order valence-electron chi connectivity index (χ2n) is 6.25. The van der Waals surface area contributed by atoms with Gasteiger partial charge in [-0.15, -0.1) is 0 Å². The highest BCUT2D eigenvalue weighted by atomic mass is 16.1. The minimum absolute atomic E-state index is 0.0609. The number of fused-ring (bicyclic) bond motifs is 3. The standard InChI is InChI=1S/C21H20N4O/c1-2-3-12-22-21(26)16-9-5-7-11-19(16)25-14-24-18-13-23-17-10-6-4-8-15(17)20(18)25/h4-11,13-14H,2-3,12H2,1H3,(H,22,26). The first-order chi connectivity index (χ1) is 12.8. The van der Waals surface area contributed by atoms with E-state index in [1.807, 2.05) is 53.1 Å². The zero-order valence-electron chi connectivity index (χ0n) is 14.6. The van der Waals surface area contributed by atoms with Gasteiger partial charge in [0.15, 0.2) is 0 Å². The Balaban J connectivity index is 1.86. The van der Waals surface area contributed by atoms with Gasteiger partial charge in [0.05, 0.1) is 28.5 Å². The van der Waals surface area contributed by atoms with E-state index in [9.17, 15) is 4.79 Å². The molecule has 130 valence electrons. The Morgan fingerprint density at radius 3 is 2.73 bits per heavy atom. The summed E-state index contributed by atoms with van der Waals surface area (Å²) < 4.78 is 1.98. The molecule has 1 amide bonds. The van der Waals surface area contributed by atoms with Crippen LogP contribution >= 0.6 is 0 Å². The number of hydrogen-bond acceptors (Lipinski definition) is 3. The minimum Gasteiger partial charge on any atom is -0.352 e. The van der Waals surface area contributed by atoms with Gasteiger partial charge in [-0.25, -0.2) is 4.98 Å². The maximum absolute atomic E-state index is 12.7. The van der Waals surface area contributed by atoms with Crippen LogP contribution in [0.5, 0.6) is 0 Å². The van der Waals surface area contributed by atoms with E-state index >= 15 is 0 Å². The SMILES string of the molecule is CCCCNC(=O)c1ccccc1-n1cnc2cnc3ccccc3c21. The Hall–Kier alpha value is -3.21. The lowest BCUT2D eigenvalue weighted by atomic mass is 10.1. The first kappa shape index (κ1) is 16.3. The van der Waals surface area contributed by atoms with Crippen molar-refractivity contribution in [3.05, 3.63) is 66.6 Å². The third-order valence-corrected chi connectivity index (χ3v) is 4.51. The molecule has 5 nitrogen and oxygen atoms in total. The van der Waals surface area contributed by atoms with Crippen molar-refractivity contribution in [1.82, 2.24) is 19.9 Å². The fourth-order valence-corrected chi connectivity index (χ4v) is 3.17. The van der Waals surface area contributed by atoms with Crippen molar-refractivity contribution in [2.24, 2.45) is 0 Å². The van der Waals surface area contributed by atoms with Crippen LogP contribution in [0, 0.1) is 0 Å². The monoisotopic (exact) mass is 344 g/mol. The second-order valence-corrected chi connectivity index (χ2v) is 6.25. The van der Waals surface area contributed by atoms with Crippen molar-refractivity contribution in [2.45, 2.75) is 19.8 Å². The summed E-state index contributed by atoms with van der Waals surface area (Å²) in [6.07, 6.45) is 5.56. The molecular formula is C21H20N4O. The van der Waals surface area contributed by atoms with Gasteiger partial charge in [0.2, 0.25) is 0 Å². The molecule has 0 saturated heterocycles. The lowest BCUT2D eigenvalue weighted by Crippen LogP contribution is -2.25. The van der Waals surface area contributed by atoms with Crippen LogP contribution in [0.2, 0.25) is 0 Å². The van der Waals surface area contributed by atoms with Crippen LogP contribution in [-0.2, 0) is 0 Å². The molecule has 0 saturated carbocycles. The highest BCUT2D eigenvalue weighted by Gasteiger charge is 2.15. The molecule has 5 heteroatoms. The van der Waals surface area contributed by atoms with Crippen molar-refractivity contribution in [2.75, 3.05) is 6.54 Å². The van der Waals surface area contributed by atoms with Gasteiger partial charge in [-0.2, -0.15) is 0 Å². The van der Waals surface area contributed by atoms with Crippen LogP contribution in [0.25, 0.3) is 27.6 Å². The van der Waals surface area contributed by atoms with Gasteiger partial charge in [-0.3, -0.25) is 14.3 Å². The molecule has 0 bridgehead atoms. The number of aromatic nitrogens is 3. The Kier molecular flexibility index (Phi) is 4.35. The number of carbonyl (C=O) groups excluding carboxylic acids is 1. The molecule has 2 heterocycles. The van der Waals surface area contributed by atoms with E-state index < -0.39 is 0 Å². The topological polar surface area (TPSA) is 59.8 Å². The molecule has 1 N–H and O–H groups in total. The number of unbranched alkanes of at least 4 members (excludes halogenated alkanes) is 1. The molecule has 0 aliphatic rings. The lowest BCUT2D eigenvalue weighted by Gasteiger charge is -2.12. The molecular weight excluding hydrogens is 324 g/mol. The van der Waals surface area contributed by atoms with Gasteiger partial charge in [-0.05, 0) is 24.6 Å². The molecule has 0 unspecified atom stereocenters. The Morgan fingerprint density at radius 1 is 1.04 bits per heavy atom. The van der Waals surface area contributed by atoms with Crippen LogP contribution in [0.3, 0.4) is 0 Å². The maximum atomic E-state index is 12.7. The maximum Gasteiger partial charge on any atom is 0.253 e. The Labute approximate surface area is 151 Å². The second kappa shape index (κ2) is 6.96.